The monoisotopic (exact) mass is 309 g/mol. The number of nitrogens with zero attached hydrogens (tertiary/aromatic N) is 3. The number of hydrogen-bond acceptors (Lipinski definition) is 6. The average Bonchev–Trinajstić information content (AvgIpc) is 2.65. The first kappa shape index (κ1) is 13.0. The summed E-state index contributed by atoms with van der Waals surface area (Å²) >= 11 is 4.12. The van der Waals surface area contributed by atoms with E-state index in [-0.39, 0.29) is 18.0 Å². The number of amides is 1. The van der Waals surface area contributed by atoms with Crippen LogP contribution in [-0.4, -0.2) is 45.9 Å². The van der Waals surface area contributed by atoms with Crippen LogP contribution in [0.25, 0.3) is 0 Å². The van der Waals surface area contributed by atoms with Crippen molar-refractivity contribution in [2.45, 2.75) is 6.42 Å². The molecule has 0 saturated heterocycles. The summed E-state index contributed by atoms with van der Waals surface area (Å²) in [6, 6.07) is 0. The second-order valence-corrected chi connectivity index (χ2v) is 4.85. The largest absolute Gasteiger partial charge is 0.481 e. The molecule has 88 valence electrons. The smallest absolute Gasteiger partial charge is 0.308 e. The van der Waals surface area contributed by atoms with Gasteiger partial charge in [0.25, 0.3) is 0 Å². The van der Waals surface area contributed by atoms with Gasteiger partial charge in [0.1, 0.15) is 0 Å². The van der Waals surface area contributed by atoms with Crippen molar-refractivity contribution < 1.29 is 19.5 Å². The second-order valence-electron chi connectivity index (χ2n) is 2.59. The first-order valence-corrected chi connectivity index (χ1v) is 5.72. The highest BCUT2D eigenvalue weighted by Crippen LogP contribution is 2.17. The minimum Gasteiger partial charge on any atom is -0.481 e. The molecule has 0 radical (unpaired) electrons. The number of hydrogen-bond donors (Lipinski definition) is 1. The summed E-state index contributed by atoms with van der Waals surface area (Å²) in [5.41, 5.74) is 0. The average molecular weight is 310 g/mol. The van der Waals surface area contributed by atoms with Gasteiger partial charge in [-0.25, -0.2) is 5.06 Å². The van der Waals surface area contributed by atoms with Gasteiger partial charge in [0.2, 0.25) is 5.01 Å². The van der Waals surface area contributed by atoms with E-state index in [4.69, 9.17) is 9.94 Å². The van der Waals surface area contributed by atoms with Gasteiger partial charge in [-0.1, -0.05) is 11.3 Å². The van der Waals surface area contributed by atoms with Gasteiger partial charge in [0.15, 0.2) is 3.92 Å². The molecular weight excluding hydrogens is 302 g/mol. The number of halogens is 1. The summed E-state index contributed by atoms with van der Waals surface area (Å²) in [5, 5.41) is 16.8. The Kier molecular flexibility index (Phi) is 4.77. The lowest BCUT2D eigenvalue weighted by atomic mass is 10.4. The van der Waals surface area contributed by atoms with E-state index in [1.54, 1.807) is 0 Å². The summed E-state index contributed by atoms with van der Waals surface area (Å²) in [4.78, 5) is 26.8. The Hall–Kier alpha value is -1.06. The minimum absolute atomic E-state index is 0.0398. The summed E-state index contributed by atoms with van der Waals surface area (Å²) < 4.78 is 0.477. The molecular formula is C7H8BrN3O4S. The van der Waals surface area contributed by atoms with Crippen molar-refractivity contribution in [2.24, 2.45) is 0 Å². The lowest BCUT2D eigenvalue weighted by Crippen LogP contribution is -2.32. The summed E-state index contributed by atoms with van der Waals surface area (Å²) in [6.45, 7) is -0.0398. The number of aliphatic carboxylic acids is 1. The molecule has 0 fully saturated rings. The molecule has 0 aromatic carbocycles. The molecule has 0 atom stereocenters. The van der Waals surface area contributed by atoms with Crippen LogP contribution in [0, 0.1) is 0 Å². The molecule has 9 heteroatoms. The van der Waals surface area contributed by atoms with Crippen molar-refractivity contribution >= 4 is 39.1 Å². The van der Waals surface area contributed by atoms with Gasteiger partial charge in [0, 0.05) is 0 Å². The van der Waals surface area contributed by atoms with E-state index in [0.29, 0.717) is 3.92 Å². The van der Waals surface area contributed by atoms with Crippen LogP contribution in [-0.2, 0) is 9.63 Å². The van der Waals surface area contributed by atoms with Crippen LogP contribution in [0.4, 0.5) is 0 Å². The van der Waals surface area contributed by atoms with Crippen molar-refractivity contribution in [3.05, 3.63) is 8.92 Å². The van der Waals surface area contributed by atoms with Gasteiger partial charge >= 0.3 is 11.9 Å². The molecule has 1 rings (SSSR count). The van der Waals surface area contributed by atoms with Gasteiger partial charge in [-0.2, -0.15) is 0 Å². The molecule has 0 unspecified atom stereocenters. The van der Waals surface area contributed by atoms with Gasteiger partial charge < -0.3 is 5.11 Å². The van der Waals surface area contributed by atoms with Crippen LogP contribution in [0.15, 0.2) is 3.92 Å². The maximum Gasteiger partial charge on any atom is 0.308 e. The molecule has 16 heavy (non-hydrogen) atoms. The predicted octanol–water partition coefficient (Wildman–Crippen LogP) is 0.779. The topological polar surface area (TPSA) is 92.6 Å². The van der Waals surface area contributed by atoms with E-state index in [0.717, 1.165) is 16.4 Å². The van der Waals surface area contributed by atoms with E-state index < -0.39 is 11.9 Å². The lowest BCUT2D eigenvalue weighted by molar-refractivity contribution is -0.141. The fraction of sp³-hybridized carbons (Fsp3) is 0.429. The van der Waals surface area contributed by atoms with E-state index in [9.17, 15) is 9.59 Å². The Morgan fingerprint density at radius 2 is 2.25 bits per heavy atom. The third kappa shape index (κ3) is 3.51. The van der Waals surface area contributed by atoms with Gasteiger partial charge in [0.05, 0.1) is 20.1 Å². The van der Waals surface area contributed by atoms with Crippen LogP contribution in [0.2, 0.25) is 0 Å². The van der Waals surface area contributed by atoms with Crippen molar-refractivity contribution in [1.82, 2.24) is 15.3 Å². The number of carbonyl (C=O) groups excluding carboxylic acids is 1. The normalized spacial score (nSPS) is 10.1. The molecule has 0 spiro atoms. The zero-order valence-corrected chi connectivity index (χ0v) is 10.6. The Morgan fingerprint density at radius 3 is 2.69 bits per heavy atom. The second kappa shape index (κ2) is 5.87. The molecule has 1 N–H and O–H groups in total. The Balaban J connectivity index is 2.66. The van der Waals surface area contributed by atoms with Crippen molar-refractivity contribution in [1.29, 1.82) is 0 Å². The van der Waals surface area contributed by atoms with Gasteiger partial charge in [-0.3, -0.25) is 14.4 Å². The maximum atomic E-state index is 11.7. The number of carboxylic acid groups (broad SMARTS) is 1. The maximum absolute atomic E-state index is 11.7. The molecule has 0 bridgehead atoms. The molecule has 0 saturated carbocycles. The first-order chi connectivity index (χ1) is 7.54. The lowest BCUT2D eigenvalue weighted by Gasteiger charge is -2.16. The van der Waals surface area contributed by atoms with Crippen LogP contribution < -0.4 is 0 Å². The molecule has 1 aromatic rings. The van der Waals surface area contributed by atoms with Crippen LogP contribution in [0.3, 0.4) is 0 Å². The highest BCUT2D eigenvalue weighted by atomic mass is 79.9. The predicted molar refractivity (Wildman–Crippen MR) is 57.9 cm³/mol. The van der Waals surface area contributed by atoms with Gasteiger partial charge in [-0.05, 0) is 15.9 Å². The minimum atomic E-state index is -1.01. The highest BCUT2D eigenvalue weighted by molar-refractivity contribution is 9.11. The first-order valence-electron chi connectivity index (χ1n) is 4.11. The Labute approximate surface area is 103 Å². The molecule has 1 aromatic heterocycles. The summed E-state index contributed by atoms with van der Waals surface area (Å²) in [6.07, 6.45) is -0.195. The van der Waals surface area contributed by atoms with Crippen molar-refractivity contribution in [2.75, 3.05) is 13.7 Å². The zero-order valence-electron chi connectivity index (χ0n) is 8.21. The fourth-order valence-corrected chi connectivity index (χ4v) is 1.92. The third-order valence-electron chi connectivity index (χ3n) is 1.56. The van der Waals surface area contributed by atoms with Crippen molar-refractivity contribution in [3.63, 3.8) is 0 Å². The fourth-order valence-electron chi connectivity index (χ4n) is 0.871. The molecule has 0 aliphatic heterocycles. The van der Waals surface area contributed by atoms with Gasteiger partial charge in [-0.15, -0.1) is 10.2 Å². The Bertz CT molecular complexity index is 397. The van der Waals surface area contributed by atoms with E-state index in [1.165, 1.54) is 7.11 Å². The molecule has 0 aliphatic carbocycles. The van der Waals surface area contributed by atoms with Crippen LogP contribution >= 0.6 is 27.3 Å². The van der Waals surface area contributed by atoms with E-state index >= 15 is 0 Å². The molecule has 1 amide bonds. The van der Waals surface area contributed by atoms with Crippen LogP contribution in [0.5, 0.6) is 0 Å². The SMILES string of the molecule is CON(CCC(=O)O)C(=O)c1nnc(Br)s1. The molecule has 1 heterocycles. The number of rotatable bonds is 5. The molecule has 7 nitrogen and oxygen atoms in total. The zero-order chi connectivity index (χ0) is 12.1. The number of hydroxylamine groups is 2. The van der Waals surface area contributed by atoms with Crippen LogP contribution in [0.1, 0.15) is 16.2 Å². The van der Waals surface area contributed by atoms with E-state index in [1.807, 2.05) is 0 Å². The van der Waals surface area contributed by atoms with E-state index in [2.05, 4.69) is 26.1 Å². The molecule has 0 aliphatic rings. The quantitative estimate of drug-likeness (QED) is 0.808. The standard InChI is InChI=1S/C7H8BrN3O4S/c1-15-11(3-2-4(12)13)6(14)5-9-10-7(8)16-5/h2-3H2,1H3,(H,12,13). The summed E-state index contributed by atoms with van der Waals surface area (Å²) in [7, 11) is 1.29. The number of carboxylic acids is 1. The Morgan fingerprint density at radius 1 is 1.56 bits per heavy atom. The highest BCUT2D eigenvalue weighted by Gasteiger charge is 2.20. The third-order valence-corrected chi connectivity index (χ3v) is 2.90. The summed E-state index contributed by atoms with van der Waals surface area (Å²) in [5.74, 6) is -1.51. The number of carbonyl (C=O) groups is 2. The van der Waals surface area contributed by atoms with Crippen molar-refractivity contribution in [3.8, 4) is 0 Å². The number of aromatic nitrogens is 2.